The minimum Gasteiger partial charge on any atom is -0.497 e. The van der Waals surface area contributed by atoms with E-state index in [-0.39, 0.29) is 5.91 Å². The van der Waals surface area contributed by atoms with E-state index in [1.165, 1.54) is 5.39 Å². The molecule has 3 aromatic carbocycles. The van der Waals surface area contributed by atoms with Gasteiger partial charge >= 0.3 is 0 Å². The maximum atomic E-state index is 13.3. The van der Waals surface area contributed by atoms with Crippen LogP contribution in [0.5, 0.6) is 5.75 Å². The third kappa shape index (κ3) is 1.97. The van der Waals surface area contributed by atoms with Gasteiger partial charge in [-0.1, -0.05) is 36.4 Å². The summed E-state index contributed by atoms with van der Waals surface area (Å²) >= 11 is 0. The zero-order chi connectivity index (χ0) is 17.8. The van der Waals surface area contributed by atoms with Crippen LogP contribution in [0.1, 0.15) is 23.0 Å². The third-order valence-corrected chi connectivity index (χ3v) is 5.23. The van der Waals surface area contributed by atoms with E-state index in [4.69, 9.17) is 4.74 Å². The lowest BCUT2D eigenvalue weighted by atomic mass is 9.97. The molecule has 126 valence electrons. The molecule has 0 fully saturated rings. The Balaban J connectivity index is 1.71. The van der Waals surface area contributed by atoms with Gasteiger partial charge in [-0.05, 0) is 53.1 Å². The van der Waals surface area contributed by atoms with Gasteiger partial charge in [-0.2, -0.15) is 0 Å². The number of benzene rings is 3. The SMILES string of the molecule is COc1ccc2cc3n(c2c1)C(=O)C(c1ccc2ccccc2c1)=C3C. The highest BCUT2D eigenvalue weighted by Crippen LogP contribution is 2.39. The summed E-state index contributed by atoms with van der Waals surface area (Å²) < 4.78 is 7.14. The predicted molar refractivity (Wildman–Crippen MR) is 106 cm³/mol. The normalized spacial score (nSPS) is 13.7. The van der Waals surface area contributed by atoms with Gasteiger partial charge in [0.2, 0.25) is 0 Å². The molecule has 0 saturated heterocycles. The molecule has 3 heteroatoms. The average molecular weight is 339 g/mol. The van der Waals surface area contributed by atoms with Crippen molar-refractivity contribution in [1.82, 2.24) is 4.57 Å². The zero-order valence-electron chi connectivity index (χ0n) is 14.6. The summed E-state index contributed by atoms with van der Waals surface area (Å²) in [6.45, 7) is 2.03. The Hall–Kier alpha value is -3.33. The monoisotopic (exact) mass is 339 g/mol. The lowest BCUT2D eigenvalue weighted by Crippen LogP contribution is -2.08. The van der Waals surface area contributed by atoms with E-state index < -0.39 is 0 Å². The molecule has 0 aliphatic carbocycles. The summed E-state index contributed by atoms with van der Waals surface area (Å²) in [6, 6.07) is 22.3. The van der Waals surface area contributed by atoms with E-state index in [1.807, 2.05) is 43.3 Å². The first-order valence-corrected chi connectivity index (χ1v) is 8.62. The number of allylic oxidation sites excluding steroid dienone is 2. The van der Waals surface area contributed by atoms with E-state index in [9.17, 15) is 4.79 Å². The van der Waals surface area contributed by atoms with Crippen LogP contribution in [0.25, 0.3) is 32.8 Å². The molecule has 0 atom stereocenters. The molecule has 0 radical (unpaired) electrons. The molecule has 0 spiro atoms. The summed E-state index contributed by atoms with van der Waals surface area (Å²) in [5, 5.41) is 3.36. The highest BCUT2D eigenvalue weighted by atomic mass is 16.5. The van der Waals surface area contributed by atoms with Crippen LogP contribution in [0, 0.1) is 0 Å². The van der Waals surface area contributed by atoms with Crippen LogP contribution < -0.4 is 4.74 Å². The van der Waals surface area contributed by atoms with Gasteiger partial charge < -0.3 is 4.74 Å². The van der Waals surface area contributed by atoms with Gasteiger partial charge in [0, 0.05) is 11.5 Å². The second-order valence-corrected chi connectivity index (χ2v) is 6.66. The smallest absolute Gasteiger partial charge is 0.263 e. The van der Waals surface area contributed by atoms with Gasteiger partial charge in [0.05, 0.1) is 23.9 Å². The summed E-state index contributed by atoms with van der Waals surface area (Å²) in [7, 11) is 1.64. The Morgan fingerprint density at radius 3 is 2.42 bits per heavy atom. The summed E-state index contributed by atoms with van der Waals surface area (Å²) in [4.78, 5) is 13.3. The van der Waals surface area contributed by atoms with Crippen molar-refractivity contribution in [1.29, 1.82) is 0 Å². The van der Waals surface area contributed by atoms with Gasteiger partial charge in [-0.25, -0.2) is 0 Å². The molecule has 0 saturated carbocycles. The van der Waals surface area contributed by atoms with Crippen molar-refractivity contribution in [2.75, 3.05) is 7.11 Å². The summed E-state index contributed by atoms with van der Waals surface area (Å²) in [5.74, 6) is 0.777. The topological polar surface area (TPSA) is 31.2 Å². The minimum absolute atomic E-state index is 0.0241. The molecule has 1 aliphatic heterocycles. The Labute approximate surface area is 151 Å². The lowest BCUT2D eigenvalue weighted by molar-refractivity contribution is 0.0989. The number of methoxy groups -OCH3 is 1. The zero-order valence-corrected chi connectivity index (χ0v) is 14.6. The van der Waals surface area contributed by atoms with E-state index in [0.717, 1.165) is 44.4 Å². The number of hydrogen-bond donors (Lipinski definition) is 0. The number of fused-ring (bicyclic) bond motifs is 4. The molecule has 4 aromatic rings. The number of nitrogens with zero attached hydrogens (tertiary/aromatic N) is 1. The van der Waals surface area contributed by atoms with E-state index in [0.29, 0.717) is 0 Å². The molecule has 5 rings (SSSR count). The van der Waals surface area contributed by atoms with Gasteiger partial charge in [0.1, 0.15) is 5.75 Å². The molecule has 1 aliphatic rings. The highest BCUT2D eigenvalue weighted by Gasteiger charge is 2.30. The Kier molecular flexibility index (Phi) is 3.07. The molecular weight excluding hydrogens is 322 g/mol. The van der Waals surface area contributed by atoms with E-state index in [1.54, 1.807) is 11.7 Å². The van der Waals surface area contributed by atoms with Gasteiger partial charge in [-0.15, -0.1) is 0 Å². The standard InChI is InChI=1S/C23H17NO2/c1-14-20-12-17-9-10-19(26-2)13-21(17)24(20)23(25)22(14)18-8-7-15-5-3-4-6-16(15)11-18/h3-13H,1-2H3. The largest absolute Gasteiger partial charge is 0.497 e. The van der Waals surface area contributed by atoms with Crippen LogP contribution >= 0.6 is 0 Å². The van der Waals surface area contributed by atoms with Crippen LogP contribution in [-0.2, 0) is 0 Å². The van der Waals surface area contributed by atoms with Crippen molar-refractivity contribution in [2.45, 2.75) is 6.92 Å². The molecule has 26 heavy (non-hydrogen) atoms. The van der Waals surface area contributed by atoms with Crippen LogP contribution in [0.3, 0.4) is 0 Å². The maximum Gasteiger partial charge on any atom is 0.263 e. The van der Waals surface area contributed by atoms with Crippen molar-refractivity contribution in [3.63, 3.8) is 0 Å². The highest BCUT2D eigenvalue weighted by molar-refractivity contribution is 6.33. The summed E-state index contributed by atoms with van der Waals surface area (Å²) in [6.07, 6.45) is 0. The van der Waals surface area contributed by atoms with Crippen molar-refractivity contribution >= 4 is 38.7 Å². The number of carbonyl (C=O) groups is 1. The molecule has 3 nitrogen and oxygen atoms in total. The van der Waals surface area contributed by atoms with E-state index in [2.05, 4.69) is 30.3 Å². The summed E-state index contributed by atoms with van der Waals surface area (Å²) in [5.41, 5.74) is 4.60. The first-order chi connectivity index (χ1) is 12.7. The lowest BCUT2D eigenvalue weighted by Gasteiger charge is -2.07. The first kappa shape index (κ1) is 15.0. The Bertz CT molecular complexity index is 1240. The van der Waals surface area contributed by atoms with Crippen LogP contribution in [0.2, 0.25) is 0 Å². The third-order valence-electron chi connectivity index (χ3n) is 5.23. The second kappa shape index (κ2) is 5.33. The molecule has 1 aromatic heterocycles. The van der Waals surface area contributed by atoms with Crippen molar-refractivity contribution in [3.8, 4) is 5.75 Å². The minimum atomic E-state index is 0.0241. The fourth-order valence-electron chi connectivity index (χ4n) is 3.89. The van der Waals surface area contributed by atoms with E-state index >= 15 is 0 Å². The molecule has 2 heterocycles. The maximum absolute atomic E-state index is 13.3. The average Bonchev–Trinajstić information content (AvgIpc) is 3.16. The molecule has 0 N–H and O–H groups in total. The fraction of sp³-hybridized carbons (Fsp3) is 0.0870. The fourth-order valence-corrected chi connectivity index (χ4v) is 3.89. The van der Waals surface area contributed by atoms with Gasteiger partial charge in [0.15, 0.2) is 0 Å². The van der Waals surface area contributed by atoms with Crippen molar-refractivity contribution in [2.24, 2.45) is 0 Å². The number of aromatic nitrogens is 1. The van der Waals surface area contributed by atoms with Gasteiger partial charge in [0.25, 0.3) is 5.91 Å². The van der Waals surface area contributed by atoms with Crippen LogP contribution in [0.15, 0.2) is 66.7 Å². The van der Waals surface area contributed by atoms with Crippen LogP contribution in [0.4, 0.5) is 0 Å². The predicted octanol–water partition coefficient (Wildman–Crippen LogP) is 5.39. The molecule has 0 bridgehead atoms. The second-order valence-electron chi connectivity index (χ2n) is 6.66. The molecular formula is C23H17NO2. The quantitative estimate of drug-likeness (QED) is 0.490. The number of rotatable bonds is 2. The van der Waals surface area contributed by atoms with Crippen molar-refractivity contribution in [3.05, 3.63) is 78.0 Å². The Morgan fingerprint density at radius 1 is 0.846 bits per heavy atom. The van der Waals surface area contributed by atoms with Crippen molar-refractivity contribution < 1.29 is 9.53 Å². The Morgan fingerprint density at radius 2 is 1.62 bits per heavy atom. The van der Waals surface area contributed by atoms with Crippen LogP contribution in [-0.4, -0.2) is 17.6 Å². The molecule has 0 amide bonds. The van der Waals surface area contributed by atoms with Gasteiger partial charge in [-0.3, -0.25) is 9.36 Å². The number of carbonyl (C=O) groups excluding carboxylic acids is 1. The first-order valence-electron chi connectivity index (χ1n) is 8.62. The number of ether oxygens (including phenoxy) is 1. The molecule has 0 unspecified atom stereocenters. The number of hydrogen-bond acceptors (Lipinski definition) is 2.